The summed E-state index contributed by atoms with van der Waals surface area (Å²) in [7, 11) is -0.148. The third-order valence-corrected chi connectivity index (χ3v) is 5.71. The van der Waals surface area contributed by atoms with Crippen LogP contribution in [0.2, 0.25) is 0 Å². The van der Waals surface area contributed by atoms with Crippen LogP contribution in [0, 0.1) is 6.08 Å². The molecule has 3 aromatic rings. The van der Waals surface area contributed by atoms with Crippen LogP contribution in [-0.4, -0.2) is 0 Å². The molecule has 0 radical (unpaired) electrons. The van der Waals surface area contributed by atoms with Crippen molar-refractivity contribution in [3.8, 4) is 5.30 Å². The molecule has 0 N–H and O–H groups in total. The molecule has 0 amide bonds. The van der Waals surface area contributed by atoms with Crippen molar-refractivity contribution in [1.29, 1.82) is 0 Å². The van der Waals surface area contributed by atoms with Crippen molar-refractivity contribution < 1.29 is 50.7 Å². The van der Waals surface area contributed by atoms with E-state index in [2.05, 4.69) is 86.1 Å². The van der Waals surface area contributed by atoms with Gasteiger partial charge in [-0.25, -0.2) is 11.1 Å². The fraction of sp³-hybridized carbons (Fsp3) is 0.150. The predicted octanol–water partition coefficient (Wildman–Crippen LogP) is 0.626. The number of allylic oxidation sites excluding steroid dienone is 4. The molecule has 0 saturated heterocycles. The van der Waals surface area contributed by atoms with Crippen LogP contribution in [0.4, 0.5) is 0 Å². The minimum absolute atomic E-state index is 0. The van der Waals surface area contributed by atoms with Crippen molar-refractivity contribution in [1.82, 2.24) is 0 Å². The first-order chi connectivity index (χ1) is 10.2. The van der Waals surface area contributed by atoms with Gasteiger partial charge in [-0.15, -0.1) is 55.9 Å². The molecular weight excluding hydrogens is 521 g/mol. The second-order valence-electron chi connectivity index (χ2n) is 5.33. The van der Waals surface area contributed by atoms with Crippen molar-refractivity contribution in [2.24, 2.45) is 0 Å². The summed E-state index contributed by atoms with van der Waals surface area (Å²) in [6, 6.07) is 17.4. The molecule has 122 valence electrons. The second-order valence-corrected chi connectivity index (χ2v) is 7.25. The summed E-state index contributed by atoms with van der Waals surface area (Å²) in [4.78, 5) is 0. The molecule has 0 unspecified atom stereocenters. The molecule has 2 aromatic carbocycles. The van der Waals surface area contributed by atoms with Gasteiger partial charge < -0.3 is 24.8 Å². The van der Waals surface area contributed by atoms with Crippen molar-refractivity contribution in [2.75, 3.05) is 0 Å². The monoisotopic (exact) mass is 540 g/mol. The normalized spacial score (nSPS) is 11.9. The predicted molar refractivity (Wildman–Crippen MR) is 94.4 cm³/mol. The average Bonchev–Trinajstić information content (AvgIpc) is 3.21. The van der Waals surface area contributed by atoms with Gasteiger partial charge in [0.2, 0.25) is 0 Å². The van der Waals surface area contributed by atoms with Gasteiger partial charge in [0.1, 0.15) is 0 Å². The molecule has 1 heterocycles. The fourth-order valence-corrected chi connectivity index (χ4v) is 4.03. The average molecular weight is 540 g/mol. The Labute approximate surface area is 177 Å². The zero-order valence-electron chi connectivity index (χ0n) is 13.8. The third-order valence-electron chi connectivity index (χ3n) is 3.87. The van der Waals surface area contributed by atoms with E-state index in [1.165, 1.54) is 27.2 Å². The summed E-state index contributed by atoms with van der Waals surface area (Å²) in [5.41, 5.74) is 2.71. The van der Waals surface area contributed by atoms with Crippen LogP contribution in [0.3, 0.4) is 0 Å². The summed E-state index contributed by atoms with van der Waals surface area (Å²) < 4.78 is 0. The summed E-state index contributed by atoms with van der Waals surface area (Å²) in [5.74, 6) is 4.59. The molecule has 0 saturated carbocycles. The molecule has 24 heavy (non-hydrogen) atoms. The van der Waals surface area contributed by atoms with Crippen LogP contribution in [-0.2, 0) is 25.8 Å². The molecule has 0 aliphatic heterocycles. The van der Waals surface area contributed by atoms with Gasteiger partial charge >= 0.3 is 25.8 Å². The zero-order valence-corrected chi connectivity index (χ0v) is 19.8. The molecule has 0 spiro atoms. The molecule has 1 aromatic heterocycles. The van der Waals surface area contributed by atoms with Gasteiger partial charge in [0.05, 0.1) is 0 Å². The first-order valence-electron chi connectivity index (χ1n) is 7.27. The number of rotatable bonds is 1. The van der Waals surface area contributed by atoms with Crippen molar-refractivity contribution >= 4 is 18.3 Å². The SMILES string of the molecule is CC1=[C-]CC=C1C.[Cl-].[Cl-].[Hf+4].c1ccc2[cH-]c(-p3cccc3)cc2c1. The van der Waals surface area contributed by atoms with Crippen LogP contribution in [0.25, 0.3) is 16.1 Å². The maximum absolute atomic E-state index is 3.19. The number of hydrogen-bond donors (Lipinski definition) is 0. The van der Waals surface area contributed by atoms with Gasteiger partial charge in [0, 0.05) is 0 Å². The number of halogens is 2. The van der Waals surface area contributed by atoms with Gasteiger partial charge in [-0.1, -0.05) is 30.4 Å². The van der Waals surface area contributed by atoms with Gasteiger partial charge in [-0.3, -0.25) is 6.08 Å². The largest absolute Gasteiger partial charge is 4.00 e. The van der Waals surface area contributed by atoms with Gasteiger partial charge in [-0.2, -0.15) is 12.1 Å². The Balaban J connectivity index is 0.000000463. The van der Waals surface area contributed by atoms with Gasteiger partial charge in [0.15, 0.2) is 0 Å². The van der Waals surface area contributed by atoms with Crippen molar-refractivity contribution in [2.45, 2.75) is 20.3 Å². The van der Waals surface area contributed by atoms with E-state index in [0.717, 1.165) is 6.42 Å². The van der Waals surface area contributed by atoms with E-state index in [0.29, 0.717) is 0 Å². The topological polar surface area (TPSA) is 0 Å². The van der Waals surface area contributed by atoms with Crippen molar-refractivity contribution in [3.63, 3.8) is 0 Å². The van der Waals surface area contributed by atoms with Crippen LogP contribution in [0.5, 0.6) is 0 Å². The Hall–Kier alpha value is -0.460. The molecule has 1 aliphatic carbocycles. The Kier molecular flexibility index (Phi) is 11.0. The quantitative estimate of drug-likeness (QED) is 0.315. The number of fused-ring (bicyclic) bond motifs is 1. The Bertz CT molecular complexity index is 749. The smallest absolute Gasteiger partial charge is 1.00 e. The van der Waals surface area contributed by atoms with Crippen molar-refractivity contribution in [3.05, 3.63) is 83.4 Å². The van der Waals surface area contributed by atoms with E-state index < -0.39 is 0 Å². The first-order valence-corrected chi connectivity index (χ1v) is 8.75. The fourth-order valence-electron chi connectivity index (χ4n) is 2.44. The minimum atomic E-state index is -0.148. The van der Waals surface area contributed by atoms with Crippen LogP contribution in [0.1, 0.15) is 20.3 Å². The second kappa shape index (κ2) is 11.2. The molecule has 0 nitrogen and oxygen atoms in total. The molecule has 4 rings (SSSR count). The first kappa shape index (κ1) is 23.5. The van der Waals surface area contributed by atoms with E-state index in [1.54, 1.807) is 0 Å². The number of benzene rings is 1. The van der Waals surface area contributed by atoms with Gasteiger partial charge in [0.25, 0.3) is 0 Å². The molecule has 0 fully saturated rings. The van der Waals surface area contributed by atoms with Gasteiger partial charge in [-0.05, 0) is 11.6 Å². The summed E-state index contributed by atoms with van der Waals surface area (Å²) >= 11 is 0. The number of hydrogen-bond acceptors (Lipinski definition) is 0. The third kappa shape index (κ3) is 5.81. The van der Waals surface area contributed by atoms with Crippen LogP contribution in [0.15, 0.2) is 77.3 Å². The summed E-state index contributed by atoms with van der Waals surface area (Å²) in [6.45, 7) is 4.22. The molecule has 1 aliphatic rings. The van der Waals surface area contributed by atoms with E-state index in [4.69, 9.17) is 0 Å². The van der Waals surface area contributed by atoms with E-state index >= 15 is 0 Å². The Morgan fingerprint density at radius 3 is 2.17 bits per heavy atom. The molecule has 4 heteroatoms. The van der Waals surface area contributed by atoms with E-state index in [9.17, 15) is 0 Å². The maximum atomic E-state index is 3.19. The minimum Gasteiger partial charge on any atom is -1.00 e. The molecule has 0 atom stereocenters. The zero-order chi connectivity index (χ0) is 14.7. The molecule has 0 bridgehead atoms. The van der Waals surface area contributed by atoms with E-state index in [1.807, 2.05) is 0 Å². The summed E-state index contributed by atoms with van der Waals surface area (Å²) in [5, 5.41) is 4.18. The Morgan fingerprint density at radius 1 is 1.00 bits per heavy atom. The molecular formula is C20H19Cl2HfP. The van der Waals surface area contributed by atoms with Crippen LogP contribution >= 0.6 is 7.53 Å². The van der Waals surface area contributed by atoms with E-state index in [-0.39, 0.29) is 58.2 Å². The Morgan fingerprint density at radius 2 is 1.67 bits per heavy atom. The maximum Gasteiger partial charge on any atom is 4.00 e. The van der Waals surface area contributed by atoms with Crippen LogP contribution < -0.4 is 24.8 Å². The summed E-state index contributed by atoms with van der Waals surface area (Å²) in [6.07, 6.45) is 6.41. The standard InChI is InChI=1S/C13H10P.C7H9.2ClH.Hf/c1-2-6-12-10-13(9-11(12)5-1)14-7-3-4-8-14;1-6-4-3-5-7(6)2;;;/h1-10H;4H,3H2,1-2H3;2*1H;/q2*-1;;;+4/p-2.